The summed E-state index contributed by atoms with van der Waals surface area (Å²) in [4.78, 5) is 11.5. The molecule has 0 amide bonds. The molecule has 0 aliphatic rings. The van der Waals surface area contributed by atoms with Crippen molar-refractivity contribution in [1.82, 2.24) is 0 Å². The van der Waals surface area contributed by atoms with Crippen LogP contribution in [0.4, 0.5) is 0 Å². The average Bonchev–Trinajstić information content (AvgIpc) is 2.30. The van der Waals surface area contributed by atoms with Crippen LogP contribution in [0.25, 0.3) is 0 Å². The lowest BCUT2D eigenvalue weighted by atomic mass is 10.1. The molecule has 98 valence electrons. The summed E-state index contributed by atoms with van der Waals surface area (Å²) in [6, 6.07) is 1.81. The van der Waals surface area contributed by atoms with Crippen molar-refractivity contribution in [2.45, 2.75) is 40.0 Å². The van der Waals surface area contributed by atoms with Crippen LogP contribution in [0.2, 0.25) is 0 Å². The highest BCUT2D eigenvalue weighted by Gasteiger charge is 2.01. The predicted octanol–water partition coefficient (Wildman–Crippen LogP) is 4.64. The van der Waals surface area contributed by atoms with Crippen molar-refractivity contribution < 1.29 is 4.42 Å². The SMILES string of the molecule is CC(C)=CCC/C(C)=C/Cc1cc(Br)coc1=O. The second-order valence-electron chi connectivity index (χ2n) is 4.65. The largest absolute Gasteiger partial charge is 0.430 e. The summed E-state index contributed by atoms with van der Waals surface area (Å²) >= 11 is 3.30. The smallest absolute Gasteiger partial charge is 0.339 e. The fourth-order valence-electron chi connectivity index (χ4n) is 1.56. The molecule has 0 saturated heterocycles. The van der Waals surface area contributed by atoms with Gasteiger partial charge in [-0.1, -0.05) is 23.3 Å². The molecule has 0 fully saturated rings. The highest BCUT2D eigenvalue weighted by Crippen LogP contribution is 2.11. The van der Waals surface area contributed by atoms with Crippen molar-refractivity contribution in [2.24, 2.45) is 0 Å². The second kappa shape index (κ2) is 7.37. The molecule has 1 rings (SSSR count). The third-order valence-corrected chi connectivity index (χ3v) is 3.03. The molecule has 3 heteroatoms. The molecular weight excluding hydrogens is 292 g/mol. The fourth-order valence-corrected chi connectivity index (χ4v) is 1.93. The maximum atomic E-state index is 11.5. The minimum Gasteiger partial charge on any atom is -0.430 e. The van der Waals surface area contributed by atoms with Gasteiger partial charge in [0.25, 0.3) is 0 Å². The van der Waals surface area contributed by atoms with E-state index in [0.29, 0.717) is 12.0 Å². The van der Waals surface area contributed by atoms with E-state index in [2.05, 4.69) is 48.9 Å². The highest BCUT2D eigenvalue weighted by molar-refractivity contribution is 9.10. The highest BCUT2D eigenvalue weighted by atomic mass is 79.9. The normalized spacial score (nSPS) is 11.4. The maximum Gasteiger partial charge on any atom is 0.339 e. The zero-order chi connectivity index (χ0) is 13.5. The van der Waals surface area contributed by atoms with Crippen molar-refractivity contribution in [3.8, 4) is 0 Å². The first-order chi connectivity index (χ1) is 8.49. The molecule has 1 aromatic heterocycles. The number of hydrogen-bond acceptors (Lipinski definition) is 2. The molecule has 0 saturated carbocycles. The molecule has 0 spiro atoms. The summed E-state index contributed by atoms with van der Waals surface area (Å²) in [7, 11) is 0. The van der Waals surface area contributed by atoms with Gasteiger partial charge in [0.2, 0.25) is 0 Å². The van der Waals surface area contributed by atoms with Gasteiger partial charge in [-0.25, -0.2) is 4.79 Å². The Morgan fingerprint density at radius 3 is 2.72 bits per heavy atom. The molecule has 0 aliphatic heterocycles. The Balaban J connectivity index is 2.60. The molecular formula is C15H19BrO2. The Kier molecular flexibility index (Phi) is 6.13. The van der Waals surface area contributed by atoms with Crippen molar-refractivity contribution in [3.63, 3.8) is 0 Å². The van der Waals surface area contributed by atoms with Gasteiger partial charge in [0, 0.05) is 5.56 Å². The molecule has 1 aromatic rings. The number of rotatable bonds is 5. The van der Waals surface area contributed by atoms with Crippen LogP contribution in [0.5, 0.6) is 0 Å². The first-order valence-electron chi connectivity index (χ1n) is 6.05. The van der Waals surface area contributed by atoms with E-state index in [0.717, 1.165) is 17.3 Å². The minimum atomic E-state index is -0.258. The molecule has 0 aromatic carbocycles. The Morgan fingerprint density at radius 1 is 1.33 bits per heavy atom. The van der Waals surface area contributed by atoms with E-state index in [-0.39, 0.29) is 5.63 Å². The first-order valence-corrected chi connectivity index (χ1v) is 6.84. The van der Waals surface area contributed by atoms with E-state index < -0.39 is 0 Å². The van der Waals surface area contributed by atoms with Gasteiger partial charge in [-0.2, -0.15) is 0 Å². The Morgan fingerprint density at radius 2 is 2.06 bits per heavy atom. The summed E-state index contributed by atoms with van der Waals surface area (Å²) in [5.41, 5.74) is 3.07. The predicted molar refractivity (Wildman–Crippen MR) is 78.8 cm³/mol. The van der Waals surface area contributed by atoms with Gasteiger partial charge in [-0.3, -0.25) is 0 Å². The van der Waals surface area contributed by atoms with Gasteiger partial charge >= 0.3 is 5.63 Å². The lowest BCUT2D eigenvalue weighted by Crippen LogP contribution is -2.05. The molecule has 0 unspecified atom stereocenters. The summed E-state index contributed by atoms with van der Waals surface area (Å²) in [6.07, 6.45) is 8.45. The maximum absolute atomic E-state index is 11.5. The number of allylic oxidation sites excluding steroid dienone is 4. The fraction of sp³-hybridized carbons (Fsp3) is 0.400. The van der Waals surface area contributed by atoms with Gasteiger partial charge < -0.3 is 4.42 Å². The molecule has 0 N–H and O–H groups in total. The van der Waals surface area contributed by atoms with Crippen molar-refractivity contribution in [1.29, 1.82) is 0 Å². The van der Waals surface area contributed by atoms with Crippen molar-refractivity contribution in [3.05, 3.63) is 56.1 Å². The van der Waals surface area contributed by atoms with E-state index in [4.69, 9.17) is 4.42 Å². The monoisotopic (exact) mass is 310 g/mol. The molecule has 0 bridgehead atoms. The van der Waals surface area contributed by atoms with Crippen LogP contribution in [0, 0.1) is 0 Å². The summed E-state index contributed by atoms with van der Waals surface area (Å²) < 4.78 is 5.69. The van der Waals surface area contributed by atoms with Crippen molar-refractivity contribution >= 4 is 15.9 Å². The van der Waals surface area contributed by atoms with Gasteiger partial charge in [-0.05, 0) is 62.0 Å². The lowest BCUT2D eigenvalue weighted by Gasteiger charge is -2.00. The molecule has 0 atom stereocenters. The van der Waals surface area contributed by atoms with Gasteiger partial charge in [0.1, 0.15) is 6.26 Å². The van der Waals surface area contributed by atoms with Crippen LogP contribution < -0.4 is 5.63 Å². The molecule has 2 nitrogen and oxygen atoms in total. The number of halogens is 1. The second-order valence-corrected chi connectivity index (χ2v) is 5.57. The minimum absolute atomic E-state index is 0.258. The van der Waals surface area contributed by atoms with Gasteiger partial charge in [0.15, 0.2) is 0 Å². The van der Waals surface area contributed by atoms with Crippen LogP contribution in [0.15, 0.2) is 49.3 Å². The standard InChI is InChI=1S/C15H19BrO2/c1-11(2)5-4-6-12(3)7-8-13-9-14(16)10-18-15(13)17/h5,7,9-10H,4,6,8H2,1-3H3/b12-7+. The third-order valence-electron chi connectivity index (χ3n) is 2.61. The summed E-state index contributed by atoms with van der Waals surface area (Å²) in [5, 5.41) is 0. The Labute approximate surface area is 117 Å². The average molecular weight is 311 g/mol. The van der Waals surface area contributed by atoms with Crippen LogP contribution in [-0.2, 0) is 6.42 Å². The van der Waals surface area contributed by atoms with Gasteiger partial charge in [-0.15, -0.1) is 0 Å². The number of hydrogen-bond donors (Lipinski definition) is 0. The van der Waals surface area contributed by atoms with Crippen LogP contribution in [0.3, 0.4) is 0 Å². The van der Waals surface area contributed by atoms with E-state index in [1.54, 1.807) is 0 Å². The van der Waals surface area contributed by atoms with E-state index >= 15 is 0 Å². The zero-order valence-electron chi connectivity index (χ0n) is 11.1. The lowest BCUT2D eigenvalue weighted by molar-refractivity contribution is 0.500. The molecule has 18 heavy (non-hydrogen) atoms. The van der Waals surface area contributed by atoms with Gasteiger partial charge in [0.05, 0.1) is 4.47 Å². The van der Waals surface area contributed by atoms with Crippen LogP contribution in [-0.4, -0.2) is 0 Å². The molecule has 0 radical (unpaired) electrons. The molecule has 0 aliphatic carbocycles. The van der Waals surface area contributed by atoms with Crippen LogP contribution >= 0.6 is 15.9 Å². The van der Waals surface area contributed by atoms with E-state index in [1.807, 2.05) is 6.07 Å². The Hall–Kier alpha value is -1.09. The van der Waals surface area contributed by atoms with E-state index in [1.165, 1.54) is 17.4 Å². The molecule has 1 heterocycles. The summed E-state index contributed by atoms with van der Waals surface area (Å²) in [6.45, 7) is 6.30. The first kappa shape index (κ1) is 15.0. The topological polar surface area (TPSA) is 30.2 Å². The van der Waals surface area contributed by atoms with Crippen LogP contribution in [0.1, 0.15) is 39.2 Å². The zero-order valence-corrected chi connectivity index (χ0v) is 12.7. The summed E-state index contributed by atoms with van der Waals surface area (Å²) in [5.74, 6) is 0. The quantitative estimate of drug-likeness (QED) is 0.742. The Bertz CT molecular complexity index is 505. The van der Waals surface area contributed by atoms with Crippen molar-refractivity contribution in [2.75, 3.05) is 0 Å². The van der Waals surface area contributed by atoms with E-state index in [9.17, 15) is 4.79 Å². The third kappa shape index (κ3) is 5.50.